The third-order valence-corrected chi connectivity index (χ3v) is 4.80. The highest BCUT2D eigenvalue weighted by molar-refractivity contribution is 6.64. The highest BCUT2D eigenvalue weighted by Crippen LogP contribution is 2.48. The average molecular weight is 263 g/mol. The van der Waals surface area contributed by atoms with Crippen molar-refractivity contribution < 1.29 is 4.79 Å². The van der Waals surface area contributed by atoms with Crippen LogP contribution in [0, 0.1) is 5.92 Å². The molecule has 1 aromatic rings. The molecular formula is C16H19ClO. The van der Waals surface area contributed by atoms with Gasteiger partial charge in [-0.25, -0.2) is 0 Å². The summed E-state index contributed by atoms with van der Waals surface area (Å²) in [4.78, 5) is 11.1. The second-order valence-corrected chi connectivity index (χ2v) is 6.13. The van der Waals surface area contributed by atoms with Gasteiger partial charge >= 0.3 is 0 Å². The highest BCUT2D eigenvalue weighted by atomic mass is 35.5. The lowest BCUT2D eigenvalue weighted by Crippen LogP contribution is -2.04. The van der Waals surface area contributed by atoms with Crippen LogP contribution in [0.5, 0.6) is 0 Å². The highest BCUT2D eigenvalue weighted by Gasteiger charge is 2.42. The molecule has 0 saturated heterocycles. The second kappa shape index (κ2) is 5.05. The van der Waals surface area contributed by atoms with Gasteiger partial charge < -0.3 is 0 Å². The van der Waals surface area contributed by atoms with Gasteiger partial charge in [0.25, 0.3) is 0 Å². The summed E-state index contributed by atoms with van der Waals surface area (Å²) in [5.74, 6) is 1.22. The Bertz CT molecular complexity index is 431. The van der Waals surface area contributed by atoms with Crippen LogP contribution in [0.4, 0.5) is 0 Å². The fourth-order valence-electron chi connectivity index (χ4n) is 3.27. The molecule has 18 heavy (non-hydrogen) atoms. The molecule has 1 aromatic carbocycles. The summed E-state index contributed by atoms with van der Waals surface area (Å²) in [6.45, 7) is 0. The summed E-state index contributed by atoms with van der Waals surface area (Å²) in [6, 6.07) is 8.93. The lowest BCUT2D eigenvalue weighted by Gasteiger charge is -2.22. The number of halogens is 1. The Morgan fingerprint density at radius 2 is 1.61 bits per heavy atom. The van der Waals surface area contributed by atoms with Gasteiger partial charge in [0.1, 0.15) is 0 Å². The Morgan fingerprint density at radius 3 is 2.17 bits per heavy atom. The maximum absolute atomic E-state index is 11.1. The maximum atomic E-state index is 11.1. The van der Waals surface area contributed by atoms with Gasteiger partial charge in [-0.15, -0.1) is 0 Å². The largest absolute Gasteiger partial charge is 0.281 e. The molecule has 0 bridgehead atoms. The lowest BCUT2D eigenvalue weighted by atomic mass is 9.84. The van der Waals surface area contributed by atoms with Crippen molar-refractivity contribution in [2.75, 3.05) is 0 Å². The van der Waals surface area contributed by atoms with Crippen molar-refractivity contribution in [1.82, 2.24) is 0 Å². The predicted octanol–water partition coefficient (Wildman–Crippen LogP) is 4.60. The van der Waals surface area contributed by atoms with Crippen LogP contribution in [0.15, 0.2) is 24.3 Å². The molecule has 2 saturated carbocycles. The van der Waals surface area contributed by atoms with Gasteiger partial charge in [0.15, 0.2) is 0 Å². The number of benzene rings is 1. The van der Waals surface area contributed by atoms with Crippen molar-refractivity contribution >= 4 is 16.8 Å². The molecule has 2 heteroatoms. The fraction of sp³-hybridized carbons (Fsp3) is 0.562. The Kier molecular flexibility index (Phi) is 3.43. The summed E-state index contributed by atoms with van der Waals surface area (Å²) in [5.41, 5.74) is 2.77. The van der Waals surface area contributed by atoms with E-state index in [0.29, 0.717) is 5.92 Å². The van der Waals surface area contributed by atoms with E-state index in [0.717, 1.165) is 12.3 Å². The number of rotatable bonds is 3. The summed E-state index contributed by atoms with van der Waals surface area (Å²) in [5, 5.41) is -0.170. The van der Waals surface area contributed by atoms with Crippen LogP contribution in [-0.4, -0.2) is 5.24 Å². The van der Waals surface area contributed by atoms with Gasteiger partial charge in [0, 0.05) is 5.92 Å². The smallest absolute Gasteiger partial charge is 0.225 e. The van der Waals surface area contributed by atoms with E-state index in [-0.39, 0.29) is 11.2 Å². The van der Waals surface area contributed by atoms with E-state index in [2.05, 4.69) is 24.3 Å². The Morgan fingerprint density at radius 1 is 1.00 bits per heavy atom. The van der Waals surface area contributed by atoms with Gasteiger partial charge in [0.2, 0.25) is 5.24 Å². The van der Waals surface area contributed by atoms with E-state index >= 15 is 0 Å². The predicted molar refractivity (Wildman–Crippen MR) is 74.0 cm³/mol. The molecule has 1 nitrogen and oxygen atoms in total. The fourth-order valence-corrected chi connectivity index (χ4v) is 3.51. The van der Waals surface area contributed by atoms with Crippen molar-refractivity contribution in [1.29, 1.82) is 0 Å². The molecule has 0 aliphatic heterocycles. The molecule has 0 spiro atoms. The summed E-state index contributed by atoms with van der Waals surface area (Å²) in [7, 11) is 0. The van der Waals surface area contributed by atoms with Gasteiger partial charge in [-0.2, -0.15) is 0 Å². The quantitative estimate of drug-likeness (QED) is 0.728. The van der Waals surface area contributed by atoms with Crippen molar-refractivity contribution in [3.05, 3.63) is 35.4 Å². The van der Waals surface area contributed by atoms with Crippen LogP contribution in [0.2, 0.25) is 0 Å². The van der Waals surface area contributed by atoms with E-state index in [1.165, 1.54) is 43.2 Å². The molecule has 2 atom stereocenters. The second-order valence-electron chi connectivity index (χ2n) is 5.75. The van der Waals surface area contributed by atoms with Crippen molar-refractivity contribution in [2.24, 2.45) is 5.92 Å². The van der Waals surface area contributed by atoms with Crippen molar-refractivity contribution in [3.63, 3.8) is 0 Å². The summed E-state index contributed by atoms with van der Waals surface area (Å²) >= 11 is 5.53. The standard InChI is InChI=1S/C16H19ClO/c17-16(18)15-10-14(15)13-8-6-12(7-9-13)11-4-2-1-3-5-11/h6-9,11,14-15H,1-5,10H2. The molecule has 0 radical (unpaired) electrons. The first-order valence-corrected chi connectivity index (χ1v) is 7.42. The van der Waals surface area contributed by atoms with Gasteiger partial charge in [-0.1, -0.05) is 43.5 Å². The molecule has 2 aliphatic carbocycles. The summed E-state index contributed by atoms with van der Waals surface area (Å²) in [6.07, 6.45) is 7.76. The maximum Gasteiger partial charge on any atom is 0.225 e. The average Bonchev–Trinajstić information content (AvgIpc) is 3.20. The molecule has 2 aliphatic rings. The van der Waals surface area contributed by atoms with Crippen LogP contribution >= 0.6 is 11.6 Å². The van der Waals surface area contributed by atoms with E-state index in [4.69, 9.17) is 11.6 Å². The molecule has 0 aromatic heterocycles. The zero-order chi connectivity index (χ0) is 12.5. The van der Waals surface area contributed by atoms with E-state index in [1.54, 1.807) is 0 Å². The molecule has 2 unspecified atom stereocenters. The number of hydrogen-bond acceptors (Lipinski definition) is 1. The summed E-state index contributed by atoms with van der Waals surface area (Å²) < 4.78 is 0. The topological polar surface area (TPSA) is 17.1 Å². The number of carbonyl (C=O) groups excluding carboxylic acids is 1. The molecular weight excluding hydrogens is 244 g/mol. The van der Waals surface area contributed by atoms with Crippen molar-refractivity contribution in [3.8, 4) is 0 Å². The SMILES string of the molecule is O=C(Cl)C1CC1c1ccc(C2CCCCC2)cc1. The van der Waals surface area contributed by atoms with Gasteiger partial charge in [0.05, 0.1) is 0 Å². The molecule has 96 valence electrons. The zero-order valence-electron chi connectivity index (χ0n) is 10.6. The first kappa shape index (κ1) is 12.2. The molecule has 0 N–H and O–H groups in total. The number of hydrogen-bond donors (Lipinski definition) is 0. The minimum atomic E-state index is -0.170. The van der Waals surface area contributed by atoms with Gasteiger partial charge in [-0.05, 0) is 53.8 Å². The van der Waals surface area contributed by atoms with Crippen LogP contribution in [0.3, 0.4) is 0 Å². The van der Waals surface area contributed by atoms with E-state index in [9.17, 15) is 4.79 Å². The monoisotopic (exact) mass is 262 g/mol. The minimum absolute atomic E-state index is 0.0761. The first-order valence-electron chi connectivity index (χ1n) is 7.05. The van der Waals surface area contributed by atoms with Crippen LogP contribution in [0.1, 0.15) is 61.5 Å². The molecule has 3 rings (SSSR count). The Labute approximate surface area is 114 Å². The van der Waals surface area contributed by atoms with Gasteiger partial charge in [-0.3, -0.25) is 4.79 Å². The van der Waals surface area contributed by atoms with Crippen LogP contribution in [0.25, 0.3) is 0 Å². The van der Waals surface area contributed by atoms with Crippen molar-refractivity contribution in [2.45, 2.75) is 50.4 Å². The molecule has 2 fully saturated rings. The Hall–Kier alpha value is -0.820. The van der Waals surface area contributed by atoms with E-state index < -0.39 is 0 Å². The third-order valence-electron chi connectivity index (χ3n) is 4.52. The lowest BCUT2D eigenvalue weighted by molar-refractivity contribution is -0.112. The minimum Gasteiger partial charge on any atom is -0.281 e. The van der Waals surface area contributed by atoms with E-state index in [1.807, 2.05) is 0 Å². The zero-order valence-corrected chi connectivity index (χ0v) is 11.3. The molecule has 0 amide bonds. The first-order chi connectivity index (χ1) is 8.75. The molecule has 0 heterocycles. The van der Waals surface area contributed by atoms with Crippen LogP contribution < -0.4 is 0 Å². The third kappa shape index (κ3) is 2.47. The number of carbonyl (C=O) groups is 1. The van der Waals surface area contributed by atoms with Crippen LogP contribution in [-0.2, 0) is 4.79 Å². The normalized spacial score (nSPS) is 28.1. The Balaban J connectivity index is 1.68.